The fraction of sp³-hybridized carbons (Fsp3) is 0.227. The molecule has 3 rings (SSSR count). The minimum absolute atomic E-state index is 0.555. The summed E-state index contributed by atoms with van der Waals surface area (Å²) in [6.45, 7) is 6.45. The number of nitrogens with zero attached hydrogens (tertiary/aromatic N) is 1. The Hall–Kier alpha value is -2.79. The standard InChI is InChI=1S/C22H22N2/c1-16(10-11-18-7-4-3-5-8-18)22-17(2)24-21-13-12-19(9-6-14-23)15-20(21)22/h3-5,7-8,12-13,15,24H,1,6,9-11H2,2H3. The number of rotatable bonds is 6. The Balaban J connectivity index is 1.85. The Bertz CT molecular complexity index is 895. The van der Waals surface area contributed by atoms with E-state index in [0.717, 1.165) is 24.8 Å². The lowest BCUT2D eigenvalue weighted by Gasteiger charge is -2.08. The molecule has 0 atom stereocenters. The molecule has 0 saturated heterocycles. The fourth-order valence-electron chi connectivity index (χ4n) is 3.25. The van der Waals surface area contributed by atoms with Crippen molar-refractivity contribution in [2.45, 2.75) is 32.6 Å². The number of benzene rings is 2. The molecule has 2 nitrogen and oxygen atoms in total. The van der Waals surface area contributed by atoms with Crippen molar-refractivity contribution in [3.05, 3.63) is 77.5 Å². The van der Waals surface area contributed by atoms with E-state index in [1.165, 1.54) is 33.3 Å². The van der Waals surface area contributed by atoms with Crippen LogP contribution in [-0.4, -0.2) is 4.98 Å². The van der Waals surface area contributed by atoms with Crippen molar-refractivity contribution in [2.75, 3.05) is 0 Å². The minimum Gasteiger partial charge on any atom is -0.358 e. The number of hydrogen-bond acceptors (Lipinski definition) is 1. The summed E-state index contributed by atoms with van der Waals surface area (Å²) in [5.41, 5.74) is 7.26. The molecule has 0 fully saturated rings. The SMILES string of the molecule is C=C(CCc1ccccc1)c1c(C)[nH]c2ccc(CCC#N)cc12. The van der Waals surface area contributed by atoms with Crippen molar-refractivity contribution in [1.82, 2.24) is 4.98 Å². The topological polar surface area (TPSA) is 39.6 Å². The van der Waals surface area contributed by atoms with Gasteiger partial charge in [-0.3, -0.25) is 0 Å². The number of H-pyrrole nitrogens is 1. The second kappa shape index (κ2) is 7.19. The van der Waals surface area contributed by atoms with E-state index in [4.69, 9.17) is 5.26 Å². The summed E-state index contributed by atoms with van der Waals surface area (Å²) in [6.07, 6.45) is 3.30. The first-order chi connectivity index (χ1) is 11.7. The fourth-order valence-corrected chi connectivity index (χ4v) is 3.25. The van der Waals surface area contributed by atoms with Gasteiger partial charge in [0.2, 0.25) is 0 Å². The average Bonchev–Trinajstić information content (AvgIpc) is 2.94. The van der Waals surface area contributed by atoms with Gasteiger partial charge in [0.1, 0.15) is 0 Å². The first kappa shape index (κ1) is 16.1. The van der Waals surface area contributed by atoms with Crippen molar-refractivity contribution < 1.29 is 0 Å². The van der Waals surface area contributed by atoms with Gasteiger partial charge in [0.25, 0.3) is 0 Å². The molecule has 2 heteroatoms. The van der Waals surface area contributed by atoms with Gasteiger partial charge < -0.3 is 4.98 Å². The Morgan fingerprint density at radius 3 is 2.62 bits per heavy atom. The number of nitriles is 1. The van der Waals surface area contributed by atoms with Gasteiger partial charge in [-0.15, -0.1) is 0 Å². The zero-order chi connectivity index (χ0) is 16.9. The Morgan fingerprint density at radius 1 is 1.08 bits per heavy atom. The number of nitrogens with one attached hydrogen (secondary N) is 1. The maximum absolute atomic E-state index is 8.80. The molecule has 3 aromatic rings. The van der Waals surface area contributed by atoms with E-state index in [1.807, 2.05) is 6.07 Å². The molecule has 0 aliphatic carbocycles. The third kappa shape index (κ3) is 3.41. The van der Waals surface area contributed by atoms with Gasteiger partial charge in [-0.05, 0) is 55.0 Å². The van der Waals surface area contributed by atoms with Crippen LogP contribution in [0, 0.1) is 18.3 Å². The second-order valence-corrected chi connectivity index (χ2v) is 6.25. The van der Waals surface area contributed by atoms with Crippen molar-refractivity contribution in [3.63, 3.8) is 0 Å². The number of hydrogen-bond donors (Lipinski definition) is 1. The van der Waals surface area contributed by atoms with Crippen LogP contribution in [0.2, 0.25) is 0 Å². The molecule has 0 spiro atoms. The lowest BCUT2D eigenvalue weighted by atomic mass is 9.96. The molecule has 1 heterocycles. The Labute approximate surface area is 143 Å². The maximum Gasteiger partial charge on any atom is 0.0625 e. The molecule has 0 amide bonds. The van der Waals surface area contributed by atoms with Crippen LogP contribution < -0.4 is 0 Å². The van der Waals surface area contributed by atoms with Crippen molar-refractivity contribution in [3.8, 4) is 6.07 Å². The third-order valence-electron chi connectivity index (χ3n) is 4.49. The van der Waals surface area contributed by atoms with Crippen LogP contribution in [0.5, 0.6) is 0 Å². The van der Waals surface area contributed by atoms with Crippen molar-refractivity contribution >= 4 is 16.5 Å². The summed E-state index contributed by atoms with van der Waals surface area (Å²) in [6, 6.07) is 19.2. The van der Waals surface area contributed by atoms with Crippen LogP contribution in [0.4, 0.5) is 0 Å². The maximum atomic E-state index is 8.80. The lowest BCUT2D eigenvalue weighted by molar-refractivity contribution is 1.01. The highest BCUT2D eigenvalue weighted by Gasteiger charge is 2.12. The Kier molecular flexibility index (Phi) is 4.82. The normalized spacial score (nSPS) is 10.7. The van der Waals surface area contributed by atoms with Gasteiger partial charge in [0.05, 0.1) is 6.07 Å². The molecule has 0 bridgehead atoms. The summed E-state index contributed by atoms with van der Waals surface area (Å²) >= 11 is 0. The average molecular weight is 314 g/mol. The second-order valence-electron chi connectivity index (χ2n) is 6.25. The van der Waals surface area contributed by atoms with E-state index in [1.54, 1.807) is 0 Å². The summed E-state index contributed by atoms with van der Waals surface area (Å²) in [7, 11) is 0. The molecule has 0 aliphatic heterocycles. The van der Waals surface area contributed by atoms with Crippen LogP contribution in [-0.2, 0) is 12.8 Å². The van der Waals surface area contributed by atoms with E-state index < -0.39 is 0 Å². The molecule has 2 aromatic carbocycles. The molecular weight excluding hydrogens is 292 g/mol. The molecule has 0 saturated carbocycles. The van der Waals surface area contributed by atoms with Crippen LogP contribution >= 0.6 is 0 Å². The minimum atomic E-state index is 0.555. The van der Waals surface area contributed by atoms with Gasteiger partial charge in [-0.2, -0.15) is 5.26 Å². The monoisotopic (exact) mass is 314 g/mol. The first-order valence-corrected chi connectivity index (χ1v) is 8.39. The number of aromatic nitrogens is 1. The smallest absolute Gasteiger partial charge is 0.0625 e. The third-order valence-corrected chi connectivity index (χ3v) is 4.49. The summed E-state index contributed by atoms with van der Waals surface area (Å²) in [5, 5.41) is 10.0. The van der Waals surface area contributed by atoms with E-state index in [-0.39, 0.29) is 0 Å². The number of allylic oxidation sites excluding steroid dienone is 1. The molecular formula is C22H22N2. The summed E-state index contributed by atoms with van der Waals surface area (Å²) in [4.78, 5) is 3.46. The molecule has 120 valence electrons. The summed E-state index contributed by atoms with van der Waals surface area (Å²) < 4.78 is 0. The van der Waals surface area contributed by atoms with Crippen LogP contribution in [0.15, 0.2) is 55.1 Å². The van der Waals surface area contributed by atoms with Crippen molar-refractivity contribution in [1.29, 1.82) is 5.26 Å². The number of aromatic amines is 1. The van der Waals surface area contributed by atoms with Gasteiger partial charge >= 0.3 is 0 Å². The predicted molar refractivity (Wildman–Crippen MR) is 101 cm³/mol. The number of fused-ring (bicyclic) bond motifs is 1. The largest absolute Gasteiger partial charge is 0.358 e. The van der Waals surface area contributed by atoms with Gasteiger partial charge in [-0.25, -0.2) is 0 Å². The van der Waals surface area contributed by atoms with E-state index >= 15 is 0 Å². The van der Waals surface area contributed by atoms with Gasteiger partial charge in [-0.1, -0.05) is 43.0 Å². The van der Waals surface area contributed by atoms with Crippen LogP contribution in [0.1, 0.15) is 35.2 Å². The van der Waals surface area contributed by atoms with Gasteiger partial charge in [0.15, 0.2) is 0 Å². The van der Waals surface area contributed by atoms with E-state index in [9.17, 15) is 0 Å². The zero-order valence-corrected chi connectivity index (χ0v) is 14.1. The Morgan fingerprint density at radius 2 is 1.88 bits per heavy atom. The highest BCUT2D eigenvalue weighted by Crippen LogP contribution is 2.31. The molecule has 0 aliphatic rings. The van der Waals surface area contributed by atoms with E-state index in [0.29, 0.717) is 6.42 Å². The van der Waals surface area contributed by atoms with E-state index in [2.05, 4.69) is 67.0 Å². The highest BCUT2D eigenvalue weighted by atomic mass is 14.7. The zero-order valence-electron chi connectivity index (χ0n) is 14.1. The lowest BCUT2D eigenvalue weighted by Crippen LogP contribution is -1.90. The molecule has 0 unspecified atom stereocenters. The predicted octanol–water partition coefficient (Wildman–Crippen LogP) is 5.58. The van der Waals surface area contributed by atoms with Gasteiger partial charge in [0, 0.05) is 28.6 Å². The molecule has 0 radical (unpaired) electrons. The molecule has 1 aromatic heterocycles. The molecule has 24 heavy (non-hydrogen) atoms. The van der Waals surface area contributed by atoms with Crippen LogP contribution in [0.25, 0.3) is 16.5 Å². The van der Waals surface area contributed by atoms with Crippen LogP contribution in [0.3, 0.4) is 0 Å². The number of aryl methyl sites for hydroxylation is 3. The quantitative estimate of drug-likeness (QED) is 0.634. The van der Waals surface area contributed by atoms with Crippen molar-refractivity contribution in [2.24, 2.45) is 0 Å². The summed E-state index contributed by atoms with van der Waals surface area (Å²) in [5.74, 6) is 0. The molecule has 1 N–H and O–H groups in total. The first-order valence-electron chi connectivity index (χ1n) is 8.39. The highest BCUT2D eigenvalue weighted by molar-refractivity contribution is 5.94.